The van der Waals surface area contributed by atoms with Crippen molar-refractivity contribution in [1.29, 1.82) is 5.26 Å². The minimum absolute atomic E-state index is 0.0311. The summed E-state index contributed by atoms with van der Waals surface area (Å²) in [6, 6.07) is 3.91. The van der Waals surface area contributed by atoms with Crippen LogP contribution in [0.2, 0.25) is 0 Å². The zero-order valence-electron chi connectivity index (χ0n) is 13.8. The number of aliphatic carboxylic acids is 1. The molecule has 0 aliphatic heterocycles. The number of hydrogen-bond donors (Lipinski definition) is 2. The zero-order chi connectivity index (χ0) is 17.7. The maximum atomic E-state index is 10.5. The van der Waals surface area contributed by atoms with Crippen molar-refractivity contribution in [1.82, 2.24) is 15.0 Å². The normalized spacial score (nSPS) is 12.4. The fourth-order valence-corrected chi connectivity index (χ4v) is 3.01. The van der Waals surface area contributed by atoms with Gasteiger partial charge >= 0.3 is 5.97 Å². The van der Waals surface area contributed by atoms with Crippen molar-refractivity contribution >= 4 is 23.3 Å². The number of carbonyl (C=O) groups is 1. The molecule has 0 amide bonds. The van der Waals surface area contributed by atoms with Crippen LogP contribution in [0.3, 0.4) is 0 Å². The summed E-state index contributed by atoms with van der Waals surface area (Å²) in [7, 11) is 0. The summed E-state index contributed by atoms with van der Waals surface area (Å²) in [5, 5.41) is 23.7. The van der Waals surface area contributed by atoms with Gasteiger partial charge in [0, 0.05) is 23.5 Å². The lowest BCUT2D eigenvalue weighted by Gasteiger charge is -2.14. The number of rotatable bonds is 6. The highest BCUT2D eigenvalue weighted by molar-refractivity contribution is 7.09. The van der Waals surface area contributed by atoms with Gasteiger partial charge in [-0.15, -0.1) is 11.3 Å². The molecule has 0 saturated carbocycles. The lowest BCUT2D eigenvalue weighted by molar-refractivity contribution is -0.136. The molecule has 0 saturated heterocycles. The summed E-state index contributed by atoms with van der Waals surface area (Å²) in [6.07, 6.45) is 1.52. The van der Waals surface area contributed by atoms with Gasteiger partial charge in [0.05, 0.1) is 23.9 Å². The largest absolute Gasteiger partial charge is 0.481 e. The van der Waals surface area contributed by atoms with Crippen LogP contribution in [-0.4, -0.2) is 32.6 Å². The third-order valence-corrected chi connectivity index (χ3v) is 4.17. The summed E-state index contributed by atoms with van der Waals surface area (Å²) < 4.78 is 0. The van der Waals surface area contributed by atoms with E-state index in [1.165, 1.54) is 11.3 Å². The van der Waals surface area contributed by atoms with Crippen molar-refractivity contribution in [3.8, 4) is 6.07 Å². The van der Waals surface area contributed by atoms with E-state index in [-0.39, 0.29) is 18.4 Å². The van der Waals surface area contributed by atoms with Crippen LogP contribution in [0, 0.1) is 11.3 Å². The van der Waals surface area contributed by atoms with Crippen LogP contribution >= 0.6 is 11.3 Å². The van der Waals surface area contributed by atoms with Crippen LogP contribution in [0.15, 0.2) is 17.6 Å². The van der Waals surface area contributed by atoms with Crippen LogP contribution in [0.25, 0.3) is 0 Å². The van der Waals surface area contributed by atoms with E-state index in [0.717, 1.165) is 5.69 Å². The highest BCUT2D eigenvalue weighted by Gasteiger charge is 2.23. The number of carboxylic acid groups (broad SMARTS) is 1. The van der Waals surface area contributed by atoms with Gasteiger partial charge in [0.1, 0.15) is 10.9 Å². The molecule has 126 valence electrons. The van der Waals surface area contributed by atoms with E-state index in [2.05, 4.69) is 47.1 Å². The molecule has 1 atom stereocenters. The van der Waals surface area contributed by atoms with Gasteiger partial charge in [-0.25, -0.2) is 15.0 Å². The van der Waals surface area contributed by atoms with Gasteiger partial charge in [-0.05, 0) is 6.07 Å². The Kier molecular flexibility index (Phi) is 5.46. The van der Waals surface area contributed by atoms with Gasteiger partial charge in [-0.1, -0.05) is 20.8 Å². The molecular weight excluding hydrogens is 326 g/mol. The average molecular weight is 345 g/mol. The van der Waals surface area contributed by atoms with Crippen molar-refractivity contribution in [2.45, 2.75) is 38.5 Å². The molecule has 0 radical (unpaired) electrons. The summed E-state index contributed by atoms with van der Waals surface area (Å²) in [6.45, 7) is 6.44. The van der Waals surface area contributed by atoms with Crippen LogP contribution < -0.4 is 5.32 Å². The lowest BCUT2D eigenvalue weighted by Crippen LogP contribution is -2.13. The van der Waals surface area contributed by atoms with Crippen LogP contribution in [0.5, 0.6) is 0 Å². The fourth-order valence-electron chi connectivity index (χ4n) is 1.91. The Balaban J connectivity index is 2.20. The number of thiazole rings is 1. The molecule has 2 aromatic rings. The minimum Gasteiger partial charge on any atom is -0.481 e. The summed E-state index contributed by atoms with van der Waals surface area (Å²) in [5.74, 6) is -1.17. The van der Waals surface area contributed by atoms with Gasteiger partial charge in [-0.3, -0.25) is 4.79 Å². The van der Waals surface area contributed by atoms with Crippen molar-refractivity contribution in [3.05, 3.63) is 34.0 Å². The van der Waals surface area contributed by atoms with Gasteiger partial charge in [0.25, 0.3) is 0 Å². The number of nitriles is 1. The molecule has 0 aliphatic carbocycles. The Morgan fingerprint density at radius 1 is 1.46 bits per heavy atom. The van der Waals surface area contributed by atoms with Crippen molar-refractivity contribution < 1.29 is 9.90 Å². The van der Waals surface area contributed by atoms with Crippen LogP contribution in [0.1, 0.15) is 49.5 Å². The van der Waals surface area contributed by atoms with E-state index in [1.807, 2.05) is 5.38 Å². The average Bonchev–Trinajstić information content (AvgIpc) is 2.98. The zero-order valence-corrected chi connectivity index (χ0v) is 14.6. The molecule has 0 bridgehead atoms. The second-order valence-corrected chi connectivity index (χ2v) is 7.15. The Labute approximate surface area is 144 Å². The molecule has 1 unspecified atom stereocenters. The molecule has 0 fully saturated rings. The Morgan fingerprint density at radius 3 is 2.79 bits per heavy atom. The summed E-state index contributed by atoms with van der Waals surface area (Å²) >= 11 is 1.44. The van der Waals surface area contributed by atoms with Gasteiger partial charge < -0.3 is 10.4 Å². The van der Waals surface area contributed by atoms with Crippen LogP contribution in [0.4, 0.5) is 5.95 Å². The molecule has 0 aromatic carbocycles. The number of anilines is 1. The number of aromatic nitrogens is 3. The van der Waals surface area contributed by atoms with E-state index in [1.54, 1.807) is 12.3 Å². The second kappa shape index (κ2) is 7.36. The van der Waals surface area contributed by atoms with Gasteiger partial charge in [0.2, 0.25) is 5.95 Å². The standard InChI is InChI=1S/C16H19N5O2S/c1-16(2,3)12-9-24-14(21-12)10(8-17)11-4-6-18-15(20-11)19-7-5-13(22)23/h4,6,9-10H,5,7H2,1-3H3,(H,22,23)(H,18,19,20). The van der Waals surface area contributed by atoms with Crippen molar-refractivity contribution in [3.63, 3.8) is 0 Å². The van der Waals surface area contributed by atoms with E-state index >= 15 is 0 Å². The lowest BCUT2D eigenvalue weighted by atomic mass is 9.93. The molecule has 2 heterocycles. The highest BCUT2D eigenvalue weighted by atomic mass is 32.1. The number of hydrogen-bond acceptors (Lipinski definition) is 7. The first-order chi connectivity index (χ1) is 11.3. The molecule has 2 rings (SSSR count). The Bertz CT molecular complexity index is 760. The Morgan fingerprint density at radius 2 is 2.21 bits per heavy atom. The predicted octanol–water partition coefficient (Wildman–Crippen LogP) is 2.77. The van der Waals surface area contributed by atoms with Crippen LogP contribution in [-0.2, 0) is 10.2 Å². The quantitative estimate of drug-likeness (QED) is 0.828. The SMILES string of the molecule is CC(C)(C)c1csc(C(C#N)c2ccnc(NCCC(=O)O)n2)n1. The summed E-state index contributed by atoms with van der Waals surface area (Å²) in [4.78, 5) is 23.5. The molecule has 0 aliphatic rings. The maximum Gasteiger partial charge on any atom is 0.305 e. The monoisotopic (exact) mass is 345 g/mol. The summed E-state index contributed by atoms with van der Waals surface area (Å²) in [5.41, 5.74) is 1.40. The molecule has 0 spiro atoms. The first-order valence-corrected chi connectivity index (χ1v) is 8.33. The maximum absolute atomic E-state index is 10.5. The third-order valence-electron chi connectivity index (χ3n) is 3.26. The smallest absolute Gasteiger partial charge is 0.305 e. The molecule has 24 heavy (non-hydrogen) atoms. The fraction of sp³-hybridized carbons (Fsp3) is 0.438. The van der Waals surface area contributed by atoms with Crippen molar-refractivity contribution in [2.24, 2.45) is 0 Å². The van der Waals surface area contributed by atoms with Gasteiger partial charge in [0.15, 0.2) is 0 Å². The predicted molar refractivity (Wildman–Crippen MR) is 91.0 cm³/mol. The number of nitrogens with zero attached hydrogens (tertiary/aromatic N) is 4. The second-order valence-electron chi connectivity index (χ2n) is 6.26. The first kappa shape index (κ1) is 17.8. The molecule has 7 nitrogen and oxygen atoms in total. The number of nitrogens with one attached hydrogen (secondary N) is 1. The van der Waals surface area contributed by atoms with Crippen molar-refractivity contribution in [2.75, 3.05) is 11.9 Å². The van der Waals surface area contributed by atoms with E-state index in [9.17, 15) is 10.1 Å². The minimum atomic E-state index is -0.897. The molecular formula is C16H19N5O2S. The van der Waals surface area contributed by atoms with E-state index < -0.39 is 11.9 Å². The molecule has 2 N–H and O–H groups in total. The topological polar surface area (TPSA) is 112 Å². The Hall–Kier alpha value is -2.53. The first-order valence-electron chi connectivity index (χ1n) is 7.45. The number of carboxylic acids is 1. The third kappa shape index (κ3) is 4.49. The highest BCUT2D eigenvalue weighted by Crippen LogP contribution is 2.30. The van der Waals surface area contributed by atoms with Gasteiger partial charge in [-0.2, -0.15) is 5.26 Å². The van der Waals surface area contributed by atoms with E-state index in [0.29, 0.717) is 16.6 Å². The molecule has 2 aromatic heterocycles. The molecule has 8 heteroatoms. The van der Waals surface area contributed by atoms with E-state index in [4.69, 9.17) is 5.11 Å².